The van der Waals surface area contributed by atoms with Gasteiger partial charge in [-0.15, -0.1) is 0 Å². The van der Waals surface area contributed by atoms with Crippen LogP contribution in [-0.2, 0) is 0 Å². The number of pyridine rings is 1. The highest BCUT2D eigenvalue weighted by Gasteiger charge is 2.18. The molecule has 0 aliphatic rings. The lowest BCUT2D eigenvalue weighted by Crippen LogP contribution is -2.01. The van der Waals surface area contributed by atoms with Crippen molar-refractivity contribution in [3.8, 4) is 102 Å². The second kappa shape index (κ2) is 18.2. The summed E-state index contributed by atoms with van der Waals surface area (Å²) in [5.41, 5.74) is 17.0. The first-order valence-electron chi connectivity index (χ1n) is 23.8. The van der Waals surface area contributed by atoms with Gasteiger partial charge >= 0.3 is 0 Å². The first-order valence-corrected chi connectivity index (χ1v) is 23.8. The van der Waals surface area contributed by atoms with E-state index >= 15 is 0 Å². The second-order valence-electron chi connectivity index (χ2n) is 17.6. The van der Waals surface area contributed by atoms with E-state index in [2.05, 4.69) is 127 Å². The molecule has 0 bridgehead atoms. The Kier molecular flexibility index (Phi) is 10.7. The van der Waals surface area contributed by atoms with Gasteiger partial charge in [0, 0.05) is 56.3 Å². The molecule has 72 heavy (non-hydrogen) atoms. The quantitative estimate of drug-likeness (QED) is 0.141. The van der Waals surface area contributed by atoms with Crippen LogP contribution < -0.4 is 0 Å². The standard InChI is InChI=1S/C64H40N8/c1-3-13-41(14-4-1)52-37-38-53(65-40-52)43-24-30-47(31-25-43)62-70-63(48-32-26-45(27-33-48)59-58(44-16-5-2-6-17-44)66-54-19-9-10-20-55(54)67-59)72-64(71-62)49-34-28-46(29-35-49)60-61(69-57-22-12-11-21-56(57)68-60)51-36-23-42-15-7-8-18-50(42)39-51/h1-40H. The maximum atomic E-state index is 5.21. The molecule has 0 spiro atoms. The second-order valence-corrected chi connectivity index (χ2v) is 17.6. The Morgan fingerprint density at radius 2 is 0.556 bits per heavy atom. The van der Waals surface area contributed by atoms with E-state index in [1.807, 2.05) is 115 Å². The third-order valence-electron chi connectivity index (χ3n) is 13.0. The molecule has 4 heterocycles. The van der Waals surface area contributed by atoms with Gasteiger partial charge in [0.15, 0.2) is 17.5 Å². The highest BCUT2D eigenvalue weighted by Crippen LogP contribution is 2.36. The summed E-state index contributed by atoms with van der Waals surface area (Å²) in [6, 6.07) is 80.2. The van der Waals surface area contributed by atoms with Gasteiger partial charge in [-0.2, -0.15) is 0 Å². The molecule has 0 unspecified atom stereocenters. The predicted molar refractivity (Wildman–Crippen MR) is 290 cm³/mol. The van der Waals surface area contributed by atoms with Gasteiger partial charge in [-0.25, -0.2) is 34.9 Å². The molecule has 8 nitrogen and oxygen atoms in total. The molecule has 13 rings (SSSR count). The van der Waals surface area contributed by atoms with E-state index in [9.17, 15) is 0 Å². The number of hydrogen-bond donors (Lipinski definition) is 0. The van der Waals surface area contributed by atoms with Crippen molar-refractivity contribution < 1.29 is 0 Å². The third-order valence-corrected chi connectivity index (χ3v) is 13.0. The van der Waals surface area contributed by atoms with E-state index in [0.29, 0.717) is 17.5 Å². The fourth-order valence-corrected chi connectivity index (χ4v) is 9.21. The van der Waals surface area contributed by atoms with Gasteiger partial charge in [-0.1, -0.05) is 200 Å². The Bertz CT molecular complexity index is 4110. The number of aromatic nitrogens is 8. The average Bonchev–Trinajstić information content (AvgIpc) is 3.47. The Balaban J connectivity index is 0.891. The van der Waals surface area contributed by atoms with Gasteiger partial charge in [0.2, 0.25) is 0 Å². The topological polar surface area (TPSA) is 103 Å². The highest BCUT2D eigenvalue weighted by molar-refractivity contribution is 5.92. The monoisotopic (exact) mass is 920 g/mol. The fourth-order valence-electron chi connectivity index (χ4n) is 9.21. The molecule has 0 aliphatic heterocycles. The van der Waals surface area contributed by atoms with Crippen LogP contribution in [0.5, 0.6) is 0 Å². The summed E-state index contributed by atoms with van der Waals surface area (Å²) >= 11 is 0. The molecule has 336 valence electrons. The molecule has 9 aromatic carbocycles. The molecule has 4 aromatic heterocycles. The third kappa shape index (κ3) is 8.18. The number of rotatable bonds is 9. The highest BCUT2D eigenvalue weighted by atomic mass is 15.0. The number of nitrogens with zero attached hydrogens (tertiary/aromatic N) is 8. The average molecular weight is 921 g/mol. The minimum Gasteiger partial charge on any atom is -0.256 e. The van der Waals surface area contributed by atoms with Crippen molar-refractivity contribution in [1.82, 2.24) is 39.9 Å². The summed E-state index contributed by atoms with van der Waals surface area (Å²) in [7, 11) is 0. The number of hydrogen-bond acceptors (Lipinski definition) is 8. The van der Waals surface area contributed by atoms with Crippen molar-refractivity contribution in [1.29, 1.82) is 0 Å². The fraction of sp³-hybridized carbons (Fsp3) is 0. The first-order chi connectivity index (χ1) is 35.6. The zero-order valence-corrected chi connectivity index (χ0v) is 38.7. The van der Waals surface area contributed by atoms with Crippen molar-refractivity contribution in [2.24, 2.45) is 0 Å². The summed E-state index contributed by atoms with van der Waals surface area (Å²) in [6.45, 7) is 0. The van der Waals surface area contributed by atoms with Crippen LogP contribution in [0.3, 0.4) is 0 Å². The lowest BCUT2D eigenvalue weighted by Gasteiger charge is -2.13. The minimum absolute atomic E-state index is 0.541. The molecule has 0 saturated carbocycles. The van der Waals surface area contributed by atoms with Gasteiger partial charge in [-0.05, 0) is 52.7 Å². The lowest BCUT2D eigenvalue weighted by atomic mass is 9.99. The lowest BCUT2D eigenvalue weighted by molar-refractivity contribution is 1.07. The molecular weight excluding hydrogens is 881 g/mol. The van der Waals surface area contributed by atoms with Gasteiger partial charge in [0.25, 0.3) is 0 Å². The van der Waals surface area contributed by atoms with Crippen molar-refractivity contribution >= 4 is 32.8 Å². The van der Waals surface area contributed by atoms with E-state index in [0.717, 1.165) is 112 Å². The summed E-state index contributed by atoms with van der Waals surface area (Å²) in [5, 5.41) is 2.32. The SMILES string of the molecule is c1ccc(-c2ccc(-c3ccc(-c4nc(-c5ccc(-c6nc7ccccc7nc6-c6ccccc6)cc5)nc(-c5ccc(-c6nc7ccccc7nc6-c6ccc7ccccc7c6)cc5)n4)cc3)nc2)cc1. The normalized spacial score (nSPS) is 11.3. The summed E-state index contributed by atoms with van der Waals surface area (Å²) < 4.78 is 0. The predicted octanol–water partition coefficient (Wildman–Crippen LogP) is 15.3. The zero-order chi connectivity index (χ0) is 47.8. The Hall–Kier alpha value is -9.92. The largest absolute Gasteiger partial charge is 0.256 e. The van der Waals surface area contributed by atoms with E-state index in [1.165, 1.54) is 5.39 Å². The van der Waals surface area contributed by atoms with E-state index in [1.54, 1.807) is 0 Å². The van der Waals surface area contributed by atoms with Crippen molar-refractivity contribution in [3.63, 3.8) is 0 Å². The van der Waals surface area contributed by atoms with E-state index < -0.39 is 0 Å². The Morgan fingerprint density at radius 1 is 0.208 bits per heavy atom. The first kappa shape index (κ1) is 42.2. The molecule has 0 radical (unpaired) electrons. The Labute approximate surface area is 415 Å². The molecule has 0 amide bonds. The van der Waals surface area contributed by atoms with Crippen molar-refractivity contribution in [3.05, 3.63) is 243 Å². The van der Waals surface area contributed by atoms with Crippen LogP contribution in [0.4, 0.5) is 0 Å². The van der Waals surface area contributed by atoms with Crippen molar-refractivity contribution in [2.75, 3.05) is 0 Å². The smallest absolute Gasteiger partial charge is 0.164 e. The molecular formula is C64H40N8. The summed E-state index contributed by atoms with van der Waals surface area (Å²) in [4.78, 5) is 40.9. The van der Waals surface area contributed by atoms with Crippen LogP contribution in [0.25, 0.3) is 134 Å². The Morgan fingerprint density at radius 3 is 1.01 bits per heavy atom. The molecule has 13 aromatic rings. The summed E-state index contributed by atoms with van der Waals surface area (Å²) in [6.07, 6.45) is 1.92. The van der Waals surface area contributed by atoms with Crippen LogP contribution in [0.15, 0.2) is 243 Å². The summed E-state index contributed by atoms with van der Waals surface area (Å²) in [5.74, 6) is 1.63. The number of benzene rings is 9. The number of fused-ring (bicyclic) bond motifs is 3. The maximum absolute atomic E-state index is 5.21. The number of para-hydroxylation sites is 4. The van der Waals surface area contributed by atoms with Gasteiger partial charge in [0.05, 0.1) is 50.5 Å². The van der Waals surface area contributed by atoms with Crippen LogP contribution in [0.1, 0.15) is 0 Å². The maximum Gasteiger partial charge on any atom is 0.164 e. The molecule has 0 saturated heterocycles. The van der Waals surface area contributed by atoms with Crippen LogP contribution >= 0.6 is 0 Å². The minimum atomic E-state index is 0.541. The van der Waals surface area contributed by atoms with E-state index in [4.69, 9.17) is 39.9 Å². The van der Waals surface area contributed by atoms with Crippen LogP contribution in [0, 0.1) is 0 Å². The van der Waals surface area contributed by atoms with Crippen molar-refractivity contribution in [2.45, 2.75) is 0 Å². The molecule has 8 heteroatoms. The molecule has 0 fully saturated rings. The van der Waals surface area contributed by atoms with E-state index in [-0.39, 0.29) is 0 Å². The van der Waals surface area contributed by atoms with Gasteiger partial charge < -0.3 is 0 Å². The van der Waals surface area contributed by atoms with Crippen LogP contribution in [0.2, 0.25) is 0 Å². The van der Waals surface area contributed by atoms with Gasteiger partial charge in [0.1, 0.15) is 0 Å². The van der Waals surface area contributed by atoms with Crippen LogP contribution in [-0.4, -0.2) is 39.9 Å². The molecule has 0 atom stereocenters. The molecule has 0 N–H and O–H groups in total. The zero-order valence-electron chi connectivity index (χ0n) is 38.7. The van der Waals surface area contributed by atoms with Gasteiger partial charge in [-0.3, -0.25) is 4.98 Å². The molecule has 0 aliphatic carbocycles.